The molecule has 0 aromatic heterocycles. The first-order chi connectivity index (χ1) is 10.5. The number of rotatable bonds is 3. The highest BCUT2D eigenvalue weighted by Crippen LogP contribution is 2.49. The minimum Gasteiger partial charge on any atom is -0.497 e. The van der Waals surface area contributed by atoms with Crippen molar-refractivity contribution < 1.29 is 4.74 Å². The Balaban J connectivity index is 1.79. The summed E-state index contributed by atoms with van der Waals surface area (Å²) in [6.07, 6.45) is 7.80. The molecule has 3 rings (SSSR count). The number of hydrogen-bond donors (Lipinski definition) is 0. The lowest BCUT2D eigenvalue weighted by Crippen LogP contribution is -2.26. The predicted molar refractivity (Wildman–Crippen MR) is 94.0 cm³/mol. The van der Waals surface area contributed by atoms with Crippen LogP contribution in [0.2, 0.25) is 0 Å². The normalized spacial score (nSPS) is 23.9. The zero-order valence-electron chi connectivity index (χ0n) is 14.2. The molecule has 1 atom stereocenters. The molecule has 1 heteroatoms. The average molecular weight is 296 g/mol. The molecule has 1 unspecified atom stereocenters. The molecule has 2 aliphatic rings. The molecule has 2 aliphatic carbocycles. The first kappa shape index (κ1) is 15.4. The highest BCUT2D eigenvalue weighted by Gasteiger charge is 2.34. The lowest BCUT2D eigenvalue weighted by molar-refractivity contribution is 0.322. The van der Waals surface area contributed by atoms with E-state index >= 15 is 0 Å². The standard InChI is InChI=1S/C21H28O/c1-15(16-9-11-19(22-4)12-10-16)18-8-7-17-6-5-13-21(2,3)20(17)14-18/h9-12,18H,1,5-8,13-14H2,2-4H3. The molecule has 0 spiro atoms. The lowest BCUT2D eigenvalue weighted by Gasteiger charge is -2.41. The number of benzene rings is 1. The van der Waals surface area contributed by atoms with Crippen molar-refractivity contribution in [3.63, 3.8) is 0 Å². The summed E-state index contributed by atoms with van der Waals surface area (Å²) in [4.78, 5) is 0. The van der Waals surface area contributed by atoms with Crippen molar-refractivity contribution in [1.82, 2.24) is 0 Å². The number of hydrogen-bond acceptors (Lipinski definition) is 1. The monoisotopic (exact) mass is 296 g/mol. The molecule has 22 heavy (non-hydrogen) atoms. The molecule has 0 aliphatic heterocycles. The van der Waals surface area contributed by atoms with Gasteiger partial charge in [0.05, 0.1) is 7.11 Å². The summed E-state index contributed by atoms with van der Waals surface area (Å²) in [5, 5.41) is 0. The third-order valence-electron chi connectivity index (χ3n) is 5.72. The van der Waals surface area contributed by atoms with Crippen LogP contribution in [0.1, 0.15) is 57.9 Å². The quantitative estimate of drug-likeness (QED) is 0.620. The van der Waals surface area contributed by atoms with Crippen LogP contribution in [-0.4, -0.2) is 7.11 Å². The Kier molecular flexibility index (Phi) is 4.16. The van der Waals surface area contributed by atoms with E-state index in [2.05, 4.69) is 32.6 Å². The summed E-state index contributed by atoms with van der Waals surface area (Å²) in [6, 6.07) is 8.38. The van der Waals surface area contributed by atoms with Crippen LogP contribution in [0.5, 0.6) is 5.75 Å². The minimum atomic E-state index is 0.395. The van der Waals surface area contributed by atoms with Crippen LogP contribution in [0.15, 0.2) is 42.0 Å². The Labute approximate surface area is 135 Å². The molecule has 0 bridgehead atoms. The van der Waals surface area contributed by atoms with Crippen LogP contribution in [-0.2, 0) is 0 Å². The molecule has 1 aromatic carbocycles. The molecule has 1 nitrogen and oxygen atoms in total. The van der Waals surface area contributed by atoms with Gasteiger partial charge in [0, 0.05) is 0 Å². The molecule has 0 fully saturated rings. The summed E-state index contributed by atoms with van der Waals surface area (Å²) >= 11 is 0. The highest BCUT2D eigenvalue weighted by atomic mass is 16.5. The van der Waals surface area contributed by atoms with Crippen LogP contribution in [0.3, 0.4) is 0 Å². The Morgan fingerprint density at radius 3 is 2.59 bits per heavy atom. The van der Waals surface area contributed by atoms with Crippen molar-refractivity contribution in [3.8, 4) is 5.75 Å². The fourth-order valence-electron chi connectivity index (χ4n) is 4.26. The summed E-state index contributed by atoms with van der Waals surface area (Å²) in [5.41, 5.74) is 6.46. The fourth-order valence-corrected chi connectivity index (χ4v) is 4.26. The van der Waals surface area contributed by atoms with Crippen molar-refractivity contribution in [2.75, 3.05) is 7.11 Å². The van der Waals surface area contributed by atoms with E-state index in [0.717, 1.165) is 5.75 Å². The van der Waals surface area contributed by atoms with E-state index in [9.17, 15) is 0 Å². The molecule has 0 radical (unpaired) electrons. The zero-order chi connectivity index (χ0) is 15.7. The summed E-state index contributed by atoms with van der Waals surface area (Å²) < 4.78 is 5.26. The van der Waals surface area contributed by atoms with Gasteiger partial charge < -0.3 is 4.74 Å². The third-order valence-corrected chi connectivity index (χ3v) is 5.72. The second-order valence-electron chi connectivity index (χ2n) is 7.51. The van der Waals surface area contributed by atoms with Crippen molar-refractivity contribution in [3.05, 3.63) is 47.6 Å². The first-order valence-electron chi connectivity index (χ1n) is 8.56. The van der Waals surface area contributed by atoms with Crippen LogP contribution < -0.4 is 4.74 Å². The van der Waals surface area contributed by atoms with Crippen molar-refractivity contribution >= 4 is 5.57 Å². The lowest BCUT2D eigenvalue weighted by atomic mass is 9.64. The van der Waals surface area contributed by atoms with Gasteiger partial charge in [0.15, 0.2) is 0 Å². The Morgan fingerprint density at radius 1 is 1.18 bits per heavy atom. The number of methoxy groups -OCH3 is 1. The van der Waals surface area contributed by atoms with E-state index < -0.39 is 0 Å². The van der Waals surface area contributed by atoms with Gasteiger partial charge in [0.2, 0.25) is 0 Å². The Morgan fingerprint density at radius 2 is 1.91 bits per heavy atom. The van der Waals surface area contributed by atoms with Gasteiger partial charge >= 0.3 is 0 Å². The van der Waals surface area contributed by atoms with Crippen molar-refractivity contribution in [1.29, 1.82) is 0 Å². The fraction of sp³-hybridized carbons (Fsp3) is 0.524. The maximum absolute atomic E-state index is 5.26. The first-order valence-corrected chi connectivity index (χ1v) is 8.56. The molecule has 0 saturated heterocycles. The van der Waals surface area contributed by atoms with Crippen molar-refractivity contribution in [2.45, 2.75) is 52.4 Å². The molecular formula is C21H28O. The maximum Gasteiger partial charge on any atom is 0.118 e. The van der Waals surface area contributed by atoms with Crippen LogP contribution in [0.25, 0.3) is 5.57 Å². The third kappa shape index (κ3) is 2.86. The number of allylic oxidation sites excluding steroid dienone is 3. The van der Waals surface area contributed by atoms with E-state index in [1.54, 1.807) is 18.3 Å². The van der Waals surface area contributed by atoms with E-state index in [4.69, 9.17) is 4.74 Å². The maximum atomic E-state index is 5.26. The Hall–Kier alpha value is -1.50. The second kappa shape index (κ2) is 5.95. The van der Waals surface area contributed by atoms with Gasteiger partial charge in [-0.1, -0.05) is 43.7 Å². The summed E-state index contributed by atoms with van der Waals surface area (Å²) in [7, 11) is 1.71. The van der Waals surface area contributed by atoms with E-state index in [1.165, 1.54) is 49.7 Å². The molecule has 0 amide bonds. The predicted octanol–water partition coefficient (Wildman–Crippen LogP) is 6.02. The van der Waals surface area contributed by atoms with Gasteiger partial charge in [-0.3, -0.25) is 0 Å². The van der Waals surface area contributed by atoms with Crippen LogP contribution >= 0.6 is 0 Å². The second-order valence-corrected chi connectivity index (χ2v) is 7.51. The molecule has 1 aromatic rings. The molecule has 0 saturated carbocycles. The average Bonchev–Trinajstić information content (AvgIpc) is 2.54. The largest absolute Gasteiger partial charge is 0.497 e. The Bertz CT molecular complexity index is 589. The topological polar surface area (TPSA) is 9.23 Å². The SMILES string of the molecule is C=C(c1ccc(OC)cc1)C1CCC2=C(C1)C(C)(C)CCC2. The van der Waals surface area contributed by atoms with Gasteiger partial charge in [-0.2, -0.15) is 0 Å². The van der Waals surface area contributed by atoms with Gasteiger partial charge in [-0.25, -0.2) is 0 Å². The van der Waals surface area contributed by atoms with Crippen molar-refractivity contribution in [2.24, 2.45) is 11.3 Å². The molecule has 118 valence electrons. The van der Waals surface area contributed by atoms with E-state index in [-0.39, 0.29) is 0 Å². The highest BCUT2D eigenvalue weighted by molar-refractivity contribution is 5.66. The van der Waals surface area contributed by atoms with Gasteiger partial charge in [-0.05, 0) is 73.1 Å². The summed E-state index contributed by atoms with van der Waals surface area (Å²) in [5.74, 6) is 1.52. The smallest absolute Gasteiger partial charge is 0.118 e. The minimum absolute atomic E-state index is 0.395. The van der Waals surface area contributed by atoms with Gasteiger partial charge in [0.1, 0.15) is 5.75 Å². The number of ether oxygens (including phenoxy) is 1. The molecule has 0 heterocycles. The molecular weight excluding hydrogens is 268 g/mol. The van der Waals surface area contributed by atoms with Gasteiger partial charge in [-0.15, -0.1) is 0 Å². The molecule has 0 N–H and O–H groups in total. The van der Waals surface area contributed by atoms with E-state index in [1.807, 2.05) is 12.1 Å². The zero-order valence-corrected chi connectivity index (χ0v) is 14.2. The summed E-state index contributed by atoms with van der Waals surface area (Å²) in [6.45, 7) is 9.29. The van der Waals surface area contributed by atoms with E-state index in [0.29, 0.717) is 11.3 Å². The van der Waals surface area contributed by atoms with Gasteiger partial charge in [0.25, 0.3) is 0 Å². The van der Waals surface area contributed by atoms with Crippen LogP contribution in [0.4, 0.5) is 0 Å². The van der Waals surface area contributed by atoms with Crippen LogP contribution in [0, 0.1) is 11.3 Å².